The second-order valence-electron chi connectivity index (χ2n) is 10.4. The van der Waals surface area contributed by atoms with Crippen molar-refractivity contribution in [2.45, 2.75) is 23.4 Å². The number of anilines is 2. The maximum absolute atomic E-state index is 13.7. The van der Waals surface area contributed by atoms with E-state index in [1.807, 2.05) is 0 Å². The minimum Gasteiger partial charge on any atom is -0.325 e. The topological polar surface area (TPSA) is 128 Å². The molecule has 0 fully saturated rings. The first-order valence-electron chi connectivity index (χ1n) is 14.6. The average Bonchev–Trinajstić information content (AvgIpc) is 3.09. The second kappa shape index (κ2) is 14.6. The normalized spacial score (nSPS) is 11.1. The number of nitrogens with zero attached hydrogens (tertiary/aromatic N) is 4. The molecule has 0 unspecified atom stereocenters. The smallest absolute Gasteiger partial charge is 0.262 e. The third-order valence-corrected chi connectivity index (χ3v) is 9.07. The van der Waals surface area contributed by atoms with Gasteiger partial charge in [-0.1, -0.05) is 47.8 Å². The minimum atomic E-state index is -0.428. The number of thioether (sulfide) groups is 2. The number of fused-ring (bicyclic) bond motifs is 2. The molecule has 0 spiro atoms. The van der Waals surface area contributed by atoms with Crippen molar-refractivity contribution in [2.24, 2.45) is 0 Å². The monoisotopic (exact) mass is 684 g/mol. The number of carbonyl (C=O) groups is 2. The summed E-state index contributed by atoms with van der Waals surface area (Å²) in [6.45, 7) is 0.0156. The zero-order valence-corrected chi connectivity index (χ0v) is 26.7. The molecule has 0 atom stereocenters. The van der Waals surface area contributed by atoms with Crippen LogP contribution in [-0.2, 0) is 22.7 Å². The summed E-state index contributed by atoms with van der Waals surface area (Å²) in [5, 5.41) is 6.66. The van der Waals surface area contributed by atoms with E-state index in [-0.39, 0.29) is 57.8 Å². The van der Waals surface area contributed by atoms with Crippen LogP contribution in [0.3, 0.4) is 0 Å². The van der Waals surface area contributed by atoms with E-state index in [4.69, 9.17) is 0 Å². The second-order valence-corrected chi connectivity index (χ2v) is 12.3. The van der Waals surface area contributed by atoms with Gasteiger partial charge in [0.25, 0.3) is 11.1 Å². The Labute approximate surface area is 280 Å². The van der Waals surface area contributed by atoms with Gasteiger partial charge < -0.3 is 10.6 Å². The highest BCUT2D eigenvalue weighted by molar-refractivity contribution is 8.00. The number of para-hydroxylation sites is 2. The van der Waals surface area contributed by atoms with E-state index in [1.165, 1.54) is 57.7 Å². The number of carbonyl (C=O) groups excluding carboxylic acids is 2. The Morgan fingerprint density at radius 3 is 1.35 bits per heavy atom. The van der Waals surface area contributed by atoms with Gasteiger partial charge in [0.05, 0.1) is 33.3 Å². The molecule has 242 valence electrons. The molecule has 4 aromatic carbocycles. The van der Waals surface area contributed by atoms with Gasteiger partial charge in [0.1, 0.15) is 11.6 Å². The number of benzene rings is 4. The molecular weight excluding hydrogens is 659 g/mol. The van der Waals surface area contributed by atoms with Crippen molar-refractivity contribution in [3.8, 4) is 0 Å². The Balaban J connectivity index is 1.26. The Morgan fingerprint density at radius 1 is 0.583 bits per heavy atom. The third-order valence-electron chi connectivity index (χ3n) is 7.12. The zero-order chi connectivity index (χ0) is 33.6. The van der Waals surface area contributed by atoms with Gasteiger partial charge in [-0.15, -0.1) is 0 Å². The predicted octanol–water partition coefficient (Wildman–Crippen LogP) is 5.55. The molecular formula is C34H26F2N6O4S2. The van der Waals surface area contributed by atoms with Crippen molar-refractivity contribution >= 4 is 68.5 Å². The standard InChI is InChI=1S/C34H26F2N6O4S2/c35-21-9-13-23(14-10-21)37-29(43)19-47-33-39-27-7-3-1-5-25(27)31(45)41(33)17-18-42-32(46)26-6-2-4-8-28(26)40-34(42)48-20-30(44)38-24-15-11-22(36)12-16-24/h1-16H,17-20H2,(H,37,43)(H,38,44). The van der Waals surface area contributed by atoms with Crippen LogP contribution in [0.5, 0.6) is 0 Å². The fraction of sp³-hybridized carbons (Fsp3) is 0.118. The number of hydrogen-bond acceptors (Lipinski definition) is 8. The molecule has 2 aromatic heterocycles. The fourth-order valence-electron chi connectivity index (χ4n) is 4.83. The average molecular weight is 685 g/mol. The summed E-state index contributed by atoms with van der Waals surface area (Å²) in [6, 6.07) is 24.4. The molecule has 6 aromatic rings. The number of amides is 2. The van der Waals surface area contributed by atoms with Gasteiger partial charge in [0, 0.05) is 24.5 Å². The highest BCUT2D eigenvalue weighted by Gasteiger charge is 2.17. The molecule has 2 N–H and O–H groups in total. The summed E-state index contributed by atoms with van der Waals surface area (Å²) in [4.78, 5) is 62.2. The van der Waals surface area contributed by atoms with E-state index in [2.05, 4.69) is 20.6 Å². The molecule has 14 heteroatoms. The highest BCUT2D eigenvalue weighted by atomic mass is 32.2. The van der Waals surface area contributed by atoms with Gasteiger partial charge in [-0.05, 0) is 72.8 Å². The molecule has 0 aliphatic carbocycles. The van der Waals surface area contributed by atoms with Crippen molar-refractivity contribution in [3.05, 3.63) is 129 Å². The van der Waals surface area contributed by atoms with Gasteiger partial charge in [-0.25, -0.2) is 18.7 Å². The van der Waals surface area contributed by atoms with E-state index in [0.717, 1.165) is 23.5 Å². The summed E-state index contributed by atoms with van der Waals surface area (Å²) < 4.78 is 29.4. The van der Waals surface area contributed by atoms with Crippen molar-refractivity contribution in [3.63, 3.8) is 0 Å². The van der Waals surface area contributed by atoms with Crippen molar-refractivity contribution in [1.29, 1.82) is 0 Å². The van der Waals surface area contributed by atoms with Crippen LogP contribution in [0.25, 0.3) is 21.8 Å². The molecule has 2 heterocycles. The first-order chi connectivity index (χ1) is 23.2. The summed E-state index contributed by atoms with van der Waals surface area (Å²) >= 11 is 2.10. The lowest BCUT2D eigenvalue weighted by atomic mass is 10.2. The Bertz CT molecular complexity index is 2100. The van der Waals surface area contributed by atoms with Crippen molar-refractivity contribution in [2.75, 3.05) is 22.1 Å². The summed E-state index contributed by atoms with van der Waals surface area (Å²) in [5.74, 6) is -1.81. The molecule has 0 aliphatic heterocycles. The van der Waals surface area contributed by atoms with Crippen LogP contribution in [0, 0.1) is 11.6 Å². The van der Waals surface area contributed by atoms with Crippen LogP contribution in [-0.4, -0.2) is 42.4 Å². The molecule has 0 bridgehead atoms. The molecule has 0 aliphatic rings. The van der Waals surface area contributed by atoms with Crippen LogP contribution in [0.1, 0.15) is 0 Å². The van der Waals surface area contributed by atoms with Gasteiger partial charge in [-0.3, -0.25) is 28.3 Å². The van der Waals surface area contributed by atoms with E-state index in [1.54, 1.807) is 48.5 Å². The lowest BCUT2D eigenvalue weighted by Crippen LogP contribution is -2.30. The lowest BCUT2D eigenvalue weighted by Gasteiger charge is -2.16. The quantitative estimate of drug-likeness (QED) is 0.134. The molecule has 0 saturated heterocycles. The minimum absolute atomic E-state index is 0.00778. The maximum atomic E-state index is 13.7. The van der Waals surface area contributed by atoms with Crippen LogP contribution in [0.2, 0.25) is 0 Å². The van der Waals surface area contributed by atoms with Gasteiger partial charge in [-0.2, -0.15) is 0 Å². The fourth-order valence-corrected chi connectivity index (χ4v) is 6.48. The van der Waals surface area contributed by atoms with Gasteiger partial charge in [0.2, 0.25) is 11.8 Å². The Hall–Kier alpha value is -5.34. The first kappa shape index (κ1) is 32.6. The predicted molar refractivity (Wildman–Crippen MR) is 184 cm³/mol. The van der Waals surface area contributed by atoms with Crippen LogP contribution in [0.4, 0.5) is 20.2 Å². The molecule has 0 saturated carbocycles. The van der Waals surface area contributed by atoms with Gasteiger partial charge in [0.15, 0.2) is 10.3 Å². The Kier molecular flexibility index (Phi) is 9.92. The number of nitrogens with one attached hydrogen (secondary N) is 2. The molecule has 6 rings (SSSR count). The summed E-state index contributed by atoms with van der Waals surface area (Å²) in [6.07, 6.45) is 0. The summed E-state index contributed by atoms with van der Waals surface area (Å²) in [5.41, 5.74) is 1.05. The third kappa shape index (κ3) is 7.61. The van der Waals surface area contributed by atoms with Crippen molar-refractivity contribution < 1.29 is 18.4 Å². The number of hydrogen-bond donors (Lipinski definition) is 2. The van der Waals surface area contributed by atoms with E-state index in [9.17, 15) is 28.0 Å². The van der Waals surface area contributed by atoms with Crippen LogP contribution >= 0.6 is 23.5 Å². The maximum Gasteiger partial charge on any atom is 0.262 e. The summed E-state index contributed by atoms with van der Waals surface area (Å²) in [7, 11) is 0. The number of halogens is 2. The van der Waals surface area contributed by atoms with Crippen LogP contribution < -0.4 is 21.8 Å². The molecule has 48 heavy (non-hydrogen) atoms. The zero-order valence-electron chi connectivity index (χ0n) is 25.1. The van der Waals surface area contributed by atoms with E-state index >= 15 is 0 Å². The molecule has 10 nitrogen and oxygen atoms in total. The number of rotatable bonds is 11. The SMILES string of the molecule is O=C(CSc1nc2ccccc2c(=O)n1CCn1c(SCC(=O)Nc2ccc(F)cc2)nc2ccccc2c1=O)Nc1ccc(F)cc1. The van der Waals surface area contributed by atoms with E-state index in [0.29, 0.717) is 33.2 Å². The van der Waals surface area contributed by atoms with Crippen LogP contribution in [0.15, 0.2) is 117 Å². The molecule has 2 amide bonds. The lowest BCUT2D eigenvalue weighted by molar-refractivity contribution is -0.114. The van der Waals surface area contributed by atoms with E-state index < -0.39 is 11.6 Å². The Morgan fingerprint density at radius 2 is 0.958 bits per heavy atom. The van der Waals surface area contributed by atoms with Crippen molar-refractivity contribution in [1.82, 2.24) is 19.1 Å². The highest BCUT2D eigenvalue weighted by Crippen LogP contribution is 2.21. The largest absolute Gasteiger partial charge is 0.325 e. The molecule has 0 radical (unpaired) electrons. The number of aromatic nitrogens is 4. The first-order valence-corrected chi connectivity index (χ1v) is 16.6. The van der Waals surface area contributed by atoms with Gasteiger partial charge >= 0.3 is 0 Å².